The molecule has 1 atom stereocenters. The lowest BCUT2D eigenvalue weighted by molar-refractivity contribution is -0.150. The number of hydrogen-bond donors (Lipinski definition) is 0. The van der Waals surface area contributed by atoms with Crippen molar-refractivity contribution in [1.29, 1.82) is 0 Å². The van der Waals surface area contributed by atoms with Gasteiger partial charge in [-0.25, -0.2) is 0 Å². The monoisotopic (exact) mass is 367 g/mol. The molecule has 3 heterocycles. The van der Waals surface area contributed by atoms with Crippen molar-refractivity contribution in [3.8, 4) is 11.4 Å². The average molecular weight is 367 g/mol. The molecule has 0 saturated carbocycles. The molecule has 8 nitrogen and oxygen atoms in total. The van der Waals surface area contributed by atoms with E-state index in [1.54, 1.807) is 23.3 Å². The summed E-state index contributed by atoms with van der Waals surface area (Å²) in [5.74, 6) is 0.254. The average Bonchev–Trinajstić information content (AvgIpc) is 3.43. The van der Waals surface area contributed by atoms with Crippen molar-refractivity contribution in [2.24, 2.45) is 5.92 Å². The quantitative estimate of drug-likeness (QED) is 0.617. The number of nitrogens with zero attached hydrogens (tertiary/aromatic N) is 3. The summed E-state index contributed by atoms with van der Waals surface area (Å²) in [4.78, 5) is 30.2. The van der Waals surface area contributed by atoms with Gasteiger partial charge in [0.15, 0.2) is 6.61 Å². The first kappa shape index (κ1) is 17.0. The molecule has 27 heavy (non-hydrogen) atoms. The summed E-state index contributed by atoms with van der Waals surface area (Å²) in [6.45, 7) is 0.527. The van der Waals surface area contributed by atoms with Crippen LogP contribution in [0.15, 0.2) is 57.7 Å². The zero-order chi connectivity index (χ0) is 18.6. The minimum Gasteiger partial charge on any atom is -0.467 e. The normalized spacial score (nSPS) is 16.7. The van der Waals surface area contributed by atoms with Crippen molar-refractivity contribution in [1.82, 2.24) is 15.0 Å². The van der Waals surface area contributed by atoms with Crippen LogP contribution in [0, 0.1) is 5.92 Å². The van der Waals surface area contributed by atoms with Gasteiger partial charge in [-0.15, -0.1) is 0 Å². The van der Waals surface area contributed by atoms with Crippen LogP contribution in [0.3, 0.4) is 0 Å². The summed E-state index contributed by atoms with van der Waals surface area (Å²) in [7, 11) is 0. The molecule has 138 valence electrons. The number of carbonyl (C=O) groups is 2. The van der Waals surface area contributed by atoms with Gasteiger partial charge in [-0.3, -0.25) is 9.59 Å². The predicted molar refractivity (Wildman–Crippen MR) is 91.8 cm³/mol. The van der Waals surface area contributed by atoms with E-state index in [1.807, 2.05) is 30.3 Å². The summed E-state index contributed by atoms with van der Waals surface area (Å²) in [5, 5.41) is 3.88. The van der Waals surface area contributed by atoms with E-state index in [4.69, 9.17) is 13.7 Å². The highest BCUT2D eigenvalue weighted by Gasteiger charge is 2.35. The lowest BCUT2D eigenvalue weighted by Gasteiger charge is -2.14. The van der Waals surface area contributed by atoms with Gasteiger partial charge in [-0.2, -0.15) is 4.98 Å². The zero-order valence-corrected chi connectivity index (χ0v) is 14.4. The molecule has 0 radical (unpaired) electrons. The van der Waals surface area contributed by atoms with E-state index in [-0.39, 0.29) is 24.8 Å². The summed E-state index contributed by atoms with van der Waals surface area (Å²) < 4.78 is 15.6. The Bertz CT molecular complexity index is 920. The molecule has 0 aliphatic carbocycles. The van der Waals surface area contributed by atoms with E-state index in [0.717, 1.165) is 5.56 Å². The SMILES string of the molecule is O=C(OCc1nc(-c2ccccc2)no1)[C@@H]1CC(=O)N(Cc2ccco2)C1. The second-order valence-corrected chi connectivity index (χ2v) is 6.24. The van der Waals surface area contributed by atoms with Gasteiger partial charge in [0.25, 0.3) is 5.89 Å². The molecule has 1 aliphatic rings. The summed E-state index contributed by atoms with van der Waals surface area (Å²) in [6.07, 6.45) is 1.67. The van der Waals surface area contributed by atoms with Crippen LogP contribution in [0.4, 0.5) is 0 Å². The van der Waals surface area contributed by atoms with E-state index in [1.165, 1.54) is 0 Å². The molecule has 4 rings (SSSR count). The number of likely N-dealkylation sites (tertiary alicyclic amines) is 1. The van der Waals surface area contributed by atoms with Gasteiger partial charge in [0.1, 0.15) is 5.76 Å². The Hall–Kier alpha value is -3.42. The molecule has 2 aromatic heterocycles. The van der Waals surface area contributed by atoms with Gasteiger partial charge in [0, 0.05) is 18.5 Å². The van der Waals surface area contributed by atoms with E-state index >= 15 is 0 Å². The minimum absolute atomic E-state index is 0.0995. The van der Waals surface area contributed by atoms with Crippen LogP contribution in [0.25, 0.3) is 11.4 Å². The van der Waals surface area contributed by atoms with Gasteiger partial charge in [0.05, 0.1) is 18.7 Å². The Kier molecular flexibility index (Phi) is 4.69. The molecule has 8 heteroatoms. The van der Waals surface area contributed by atoms with Crippen molar-refractivity contribution in [3.05, 3.63) is 60.4 Å². The lowest BCUT2D eigenvalue weighted by Crippen LogP contribution is -2.26. The van der Waals surface area contributed by atoms with E-state index < -0.39 is 11.9 Å². The lowest BCUT2D eigenvalue weighted by atomic mass is 10.1. The maximum absolute atomic E-state index is 12.3. The number of rotatable bonds is 6. The highest BCUT2D eigenvalue weighted by Crippen LogP contribution is 2.22. The van der Waals surface area contributed by atoms with Gasteiger partial charge >= 0.3 is 5.97 Å². The smallest absolute Gasteiger partial charge is 0.311 e. The van der Waals surface area contributed by atoms with Gasteiger partial charge < -0.3 is 18.6 Å². The molecule has 0 N–H and O–H groups in total. The molecular weight excluding hydrogens is 350 g/mol. The van der Waals surface area contributed by atoms with Gasteiger partial charge in [-0.1, -0.05) is 35.5 Å². The standard InChI is InChI=1S/C19H17N3O5/c23-17-9-14(10-22(17)11-15-7-4-8-25-15)19(24)26-12-16-20-18(21-27-16)13-5-2-1-3-6-13/h1-8,14H,9-12H2/t14-/m1/s1. The molecule has 1 aromatic carbocycles. The molecule has 0 bridgehead atoms. The van der Waals surface area contributed by atoms with E-state index in [9.17, 15) is 9.59 Å². The molecule has 3 aromatic rings. The third-order valence-electron chi connectivity index (χ3n) is 4.31. The van der Waals surface area contributed by atoms with Crippen molar-refractivity contribution in [2.75, 3.05) is 6.54 Å². The van der Waals surface area contributed by atoms with Crippen LogP contribution in [0.5, 0.6) is 0 Å². The summed E-state index contributed by atoms with van der Waals surface area (Å²) >= 11 is 0. The number of hydrogen-bond acceptors (Lipinski definition) is 7. The molecule has 0 unspecified atom stereocenters. The number of furan rings is 1. The number of esters is 1. The fraction of sp³-hybridized carbons (Fsp3) is 0.263. The van der Waals surface area contributed by atoms with Crippen LogP contribution in [0.2, 0.25) is 0 Å². The Morgan fingerprint density at radius 3 is 2.85 bits per heavy atom. The topological polar surface area (TPSA) is 98.7 Å². The van der Waals surface area contributed by atoms with Crippen LogP contribution >= 0.6 is 0 Å². The third kappa shape index (κ3) is 3.89. The van der Waals surface area contributed by atoms with Crippen LogP contribution in [0.1, 0.15) is 18.1 Å². The summed E-state index contributed by atoms with van der Waals surface area (Å²) in [5.41, 5.74) is 0.814. The second kappa shape index (κ2) is 7.45. The van der Waals surface area contributed by atoms with Gasteiger partial charge in [0.2, 0.25) is 11.7 Å². The predicted octanol–water partition coefficient (Wildman–Crippen LogP) is 2.42. The number of benzene rings is 1. The highest BCUT2D eigenvalue weighted by atomic mass is 16.6. The van der Waals surface area contributed by atoms with Gasteiger partial charge in [-0.05, 0) is 12.1 Å². The highest BCUT2D eigenvalue weighted by molar-refractivity contribution is 5.86. The van der Waals surface area contributed by atoms with Crippen molar-refractivity contribution in [2.45, 2.75) is 19.6 Å². The first-order chi connectivity index (χ1) is 13.2. The summed E-state index contributed by atoms with van der Waals surface area (Å²) in [6, 6.07) is 12.9. The maximum atomic E-state index is 12.3. The van der Waals surface area contributed by atoms with Crippen LogP contribution < -0.4 is 0 Å². The number of carbonyl (C=O) groups excluding carboxylic acids is 2. The van der Waals surface area contributed by atoms with Crippen molar-refractivity contribution < 1.29 is 23.3 Å². The van der Waals surface area contributed by atoms with Crippen molar-refractivity contribution in [3.63, 3.8) is 0 Å². The van der Waals surface area contributed by atoms with Crippen LogP contribution in [-0.4, -0.2) is 33.5 Å². The van der Waals surface area contributed by atoms with Crippen LogP contribution in [-0.2, 0) is 27.5 Å². The number of aromatic nitrogens is 2. The Morgan fingerprint density at radius 2 is 2.07 bits per heavy atom. The first-order valence-corrected chi connectivity index (χ1v) is 8.54. The zero-order valence-electron chi connectivity index (χ0n) is 14.4. The molecule has 1 amide bonds. The maximum Gasteiger partial charge on any atom is 0.311 e. The molecule has 0 spiro atoms. The largest absolute Gasteiger partial charge is 0.467 e. The van der Waals surface area contributed by atoms with E-state index in [2.05, 4.69) is 10.1 Å². The second-order valence-electron chi connectivity index (χ2n) is 6.24. The molecule has 1 fully saturated rings. The molecular formula is C19H17N3O5. The van der Waals surface area contributed by atoms with Crippen molar-refractivity contribution >= 4 is 11.9 Å². The molecule has 1 saturated heterocycles. The minimum atomic E-state index is -0.510. The Morgan fingerprint density at radius 1 is 1.22 bits per heavy atom. The third-order valence-corrected chi connectivity index (χ3v) is 4.31. The number of ether oxygens (including phenoxy) is 1. The fourth-order valence-corrected chi connectivity index (χ4v) is 2.94. The fourth-order valence-electron chi connectivity index (χ4n) is 2.94. The molecule has 1 aliphatic heterocycles. The Labute approximate surface area is 154 Å². The first-order valence-electron chi connectivity index (χ1n) is 8.54. The number of amides is 1. The Balaban J connectivity index is 1.31. The van der Waals surface area contributed by atoms with E-state index in [0.29, 0.717) is 24.7 Å².